The molecule has 1 aromatic carbocycles. The number of fused-ring (bicyclic) bond motifs is 1. The lowest BCUT2D eigenvalue weighted by molar-refractivity contribution is 0.296. The van der Waals surface area contributed by atoms with Gasteiger partial charge >= 0.3 is 5.63 Å². The molecule has 3 rings (SSSR count). The van der Waals surface area contributed by atoms with E-state index in [0.717, 1.165) is 5.01 Å². The van der Waals surface area contributed by atoms with Crippen LogP contribution in [-0.2, 0) is 0 Å². The third-order valence-corrected chi connectivity index (χ3v) is 3.61. The van der Waals surface area contributed by atoms with Gasteiger partial charge in [0, 0.05) is 10.8 Å². The number of hydrogen-bond acceptors (Lipinski definition) is 7. The highest BCUT2D eigenvalue weighted by Crippen LogP contribution is 2.25. The molecule has 0 saturated carbocycles. The molecule has 2 aromatic heterocycles. The van der Waals surface area contributed by atoms with Crippen molar-refractivity contribution in [3.8, 4) is 11.3 Å². The molecule has 0 fully saturated rings. The van der Waals surface area contributed by atoms with Gasteiger partial charge in [0.2, 0.25) is 0 Å². The van der Waals surface area contributed by atoms with Crippen LogP contribution in [0.25, 0.3) is 22.2 Å². The fraction of sp³-hybridized carbons (Fsp3) is 0.0769. The van der Waals surface area contributed by atoms with Crippen LogP contribution >= 0.6 is 11.3 Å². The average molecular weight is 289 g/mol. The molecule has 0 aliphatic rings. The first-order valence-corrected chi connectivity index (χ1v) is 6.59. The Morgan fingerprint density at radius 2 is 2.20 bits per heavy atom. The number of nitrogens with zero attached hydrogens (tertiary/aromatic N) is 2. The van der Waals surface area contributed by atoms with E-state index in [1.165, 1.54) is 29.5 Å². The van der Waals surface area contributed by atoms with E-state index < -0.39 is 5.63 Å². The third-order valence-electron chi connectivity index (χ3n) is 2.83. The average Bonchev–Trinajstić information content (AvgIpc) is 2.83. The largest absolute Gasteiger partial charge is 0.733 e. The molecule has 0 saturated heterocycles. The van der Waals surface area contributed by atoms with Crippen LogP contribution in [-0.4, -0.2) is 10.2 Å². The van der Waals surface area contributed by atoms with Gasteiger partial charge in [-0.15, -0.1) is 11.3 Å². The maximum atomic E-state index is 11.9. The van der Waals surface area contributed by atoms with Gasteiger partial charge in [-0.25, -0.2) is 9.78 Å². The van der Waals surface area contributed by atoms with Gasteiger partial charge in [-0.05, 0) is 31.2 Å². The smallest absolute Gasteiger partial charge is 0.345 e. The van der Waals surface area contributed by atoms with Gasteiger partial charge in [0.25, 0.3) is 0 Å². The maximum Gasteiger partial charge on any atom is 0.345 e. The molecule has 7 heteroatoms. The van der Waals surface area contributed by atoms with Crippen molar-refractivity contribution in [2.45, 2.75) is 6.92 Å². The summed E-state index contributed by atoms with van der Waals surface area (Å²) < 4.78 is 5.20. The Morgan fingerprint density at radius 1 is 1.40 bits per heavy atom. The normalized spacial score (nSPS) is 10.9. The van der Waals surface area contributed by atoms with Crippen LogP contribution < -0.4 is 10.9 Å². The fourth-order valence-corrected chi connectivity index (χ4v) is 2.51. The first kappa shape index (κ1) is 12.8. The summed E-state index contributed by atoms with van der Waals surface area (Å²) in [5.74, 6) is 0. The zero-order chi connectivity index (χ0) is 14.3. The fourth-order valence-electron chi connectivity index (χ4n) is 1.90. The lowest BCUT2D eigenvalue weighted by atomic mass is 10.1. The summed E-state index contributed by atoms with van der Waals surface area (Å²) >= 11 is 1.43. The van der Waals surface area contributed by atoms with Gasteiger partial charge < -0.3 is 14.9 Å². The zero-order valence-electron chi connectivity index (χ0n) is 10.4. The molecular formula is C13H9N2O4S-. The van der Waals surface area contributed by atoms with E-state index in [0.29, 0.717) is 22.2 Å². The molecule has 0 amide bonds. The molecule has 1 N–H and O–H groups in total. The van der Waals surface area contributed by atoms with Crippen LogP contribution in [0.4, 0.5) is 5.69 Å². The summed E-state index contributed by atoms with van der Waals surface area (Å²) in [4.78, 5) is 16.2. The van der Waals surface area contributed by atoms with Crippen LogP contribution in [0.1, 0.15) is 5.01 Å². The van der Waals surface area contributed by atoms with Gasteiger partial charge in [-0.1, -0.05) is 0 Å². The van der Waals surface area contributed by atoms with E-state index >= 15 is 0 Å². The van der Waals surface area contributed by atoms with Crippen molar-refractivity contribution in [2.24, 2.45) is 0 Å². The van der Waals surface area contributed by atoms with Crippen molar-refractivity contribution in [3.05, 3.63) is 50.3 Å². The molecule has 3 aromatic rings. The first-order valence-electron chi connectivity index (χ1n) is 5.71. The molecule has 0 spiro atoms. The Morgan fingerprint density at radius 3 is 2.85 bits per heavy atom. The minimum atomic E-state index is -0.487. The van der Waals surface area contributed by atoms with Gasteiger partial charge in [0.1, 0.15) is 5.58 Å². The summed E-state index contributed by atoms with van der Waals surface area (Å²) in [6.07, 6.45) is 0. The Hall–Kier alpha value is -2.22. The Kier molecular flexibility index (Phi) is 3.01. The molecule has 102 valence electrons. The number of aromatic nitrogens is 1. The van der Waals surface area contributed by atoms with E-state index in [1.807, 2.05) is 6.92 Å². The van der Waals surface area contributed by atoms with E-state index in [-0.39, 0.29) is 10.9 Å². The van der Waals surface area contributed by atoms with E-state index in [4.69, 9.17) is 9.62 Å². The number of thiazole rings is 1. The molecule has 0 aliphatic carbocycles. The number of aryl methyl sites for hydroxylation is 1. The van der Waals surface area contributed by atoms with Crippen LogP contribution in [0.3, 0.4) is 0 Å². The molecule has 0 unspecified atom stereocenters. The first-order chi connectivity index (χ1) is 9.54. The quantitative estimate of drug-likeness (QED) is 0.576. The maximum absolute atomic E-state index is 11.9. The molecule has 0 bridgehead atoms. The number of hydrogen-bond donors (Lipinski definition) is 1. The van der Waals surface area contributed by atoms with Crippen molar-refractivity contribution < 1.29 is 9.62 Å². The highest BCUT2D eigenvalue weighted by molar-refractivity contribution is 7.09. The van der Waals surface area contributed by atoms with Crippen LogP contribution in [0, 0.1) is 12.1 Å². The Labute approximate surface area is 117 Å². The van der Waals surface area contributed by atoms with Crippen molar-refractivity contribution in [2.75, 3.05) is 5.23 Å². The van der Waals surface area contributed by atoms with Crippen molar-refractivity contribution >= 4 is 28.0 Å². The SMILES string of the molecule is Cc1nc(-c2cc3cc(N([O-])O)ccc3oc2=O)cs1. The summed E-state index contributed by atoms with van der Waals surface area (Å²) in [6, 6.07) is 5.87. The van der Waals surface area contributed by atoms with E-state index in [1.54, 1.807) is 11.4 Å². The lowest BCUT2D eigenvalue weighted by Gasteiger charge is -2.21. The molecular weight excluding hydrogens is 280 g/mol. The van der Waals surface area contributed by atoms with Crippen LogP contribution in [0.15, 0.2) is 38.9 Å². The summed E-state index contributed by atoms with van der Waals surface area (Å²) in [5, 5.41) is 22.7. The second kappa shape index (κ2) is 4.71. The molecule has 0 aliphatic heterocycles. The minimum Gasteiger partial charge on any atom is -0.733 e. The standard InChI is InChI=1S/C13H9N2O4S/c1-7-14-11(6-20-7)10-5-8-4-9(15(17)18)2-3-12(8)19-13(10)16/h2-6,17H,1H3/q-1. The summed E-state index contributed by atoms with van der Waals surface area (Å²) in [5.41, 5.74) is 0.785. The van der Waals surface area contributed by atoms with E-state index in [9.17, 15) is 10.0 Å². The summed E-state index contributed by atoms with van der Waals surface area (Å²) in [6.45, 7) is 1.84. The lowest BCUT2D eigenvalue weighted by Crippen LogP contribution is -2.07. The van der Waals surface area contributed by atoms with Crippen LogP contribution in [0.5, 0.6) is 0 Å². The highest BCUT2D eigenvalue weighted by Gasteiger charge is 2.11. The van der Waals surface area contributed by atoms with Crippen molar-refractivity contribution in [1.82, 2.24) is 4.98 Å². The minimum absolute atomic E-state index is 0.0618. The molecule has 2 heterocycles. The van der Waals surface area contributed by atoms with Crippen LogP contribution in [0.2, 0.25) is 0 Å². The predicted octanol–water partition coefficient (Wildman–Crippen LogP) is 2.92. The Bertz CT molecular complexity index is 838. The number of anilines is 1. The predicted molar refractivity (Wildman–Crippen MR) is 76.0 cm³/mol. The van der Waals surface area contributed by atoms with Gasteiger partial charge in [0.05, 0.1) is 22.0 Å². The molecule has 0 atom stereocenters. The second-order valence-corrected chi connectivity index (χ2v) is 5.26. The second-order valence-electron chi connectivity index (χ2n) is 4.19. The summed E-state index contributed by atoms with van der Waals surface area (Å²) in [7, 11) is 0. The monoisotopic (exact) mass is 289 g/mol. The zero-order valence-corrected chi connectivity index (χ0v) is 11.2. The Balaban J connectivity index is 2.23. The topological polar surface area (TPSA) is 89.6 Å². The third kappa shape index (κ3) is 2.18. The van der Waals surface area contributed by atoms with Gasteiger partial charge in [-0.2, -0.15) is 0 Å². The molecule has 6 nitrogen and oxygen atoms in total. The van der Waals surface area contributed by atoms with Crippen molar-refractivity contribution in [1.29, 1.82) is 0 Å². The number of rotatable bonds is 2. The molecule has 0 radical (unpaired) electrons. The number of benzene rings is 1. The highest BCUT2D eigenvalue weighted by atomic mass is 32.1. The van der Waals surface area contributed by atoms with Crippen molar-refractivity contribution in [3.63, 3.8) is 0 Å². The van der Waals surface area contributed by atoms with E-state index in [2.05, 4.69) is 4.98 Å². The molecule has 20 heavy (non-hydrogen) atoms. The van der Waals surface area contributed by atoms with Gasteiger partial charge in [0.15, 0.2) is 0 Å². The van der Waals surface area contributed by atoms with Gasteiger partial charge in [-0.3, -0.25) is 5.21 Å².